The standard InChI is InChI=1S/C12H12F3NO4S/c13-12(14,15)10-7-8(1-2-9(10)11(17)18)16-3-5-21(19,20)6-4-16/h1-2,7H,3-6H2,(H,17,18). The Balaban J connectivity index is 2.37. The number of alkyl halides is 3. The molecule has 2 rings (SSSR count). The third-order valence-corrected chi connectivity index (χ3v) is 4.86. The maximum atomic E-state index is 12.9. The van der Waals surface area contributed by atoms with Gasteiger partial charge in [0.2, 0.25) is 0 Å². The van der Waals surface area contributed by atoms with E-state index in [4.69, 9.17) is 5.11 Å². The first-order chi connectivity index (χ1) is 9.60. The van der Waals surface area contributed by atoms with Gasteiger partial charge in [-0.2, -0.15) is 13.2 Å². The SMILES string of the molecule is O=C(O)c1ccc(N2CCS(=O)(=O)CC2)cc1C(F)(F)F. The highest BCUT2D eigenvalue weighted by Crippen LogP contribution is 2.35. The Hall–Kier alpha value is -1.77. The maximum Gasteiger partial charge on any atom is 0.417 e. The lowest BCUT2D eigenvalue weighted by Crippen LogP contribution is -2.40. The molecule has 1 saturated heterocycles. The fraction of sp³-hybridized carbons (Fsp3) is 0.417. The van der Waals surface area contributed by atoms with Crippen LogP contribution in [0.2, 0.25) is 0 Å². The van der Waals surface area contributed by atoms with Crippen LogP contribution < -0.4 is 4.90 Å². The number of carbonyl (C=O) groups is 1. The largest absolute Gasteiger partial charge is 0.478 e. The van der Waals surface area contributed by atoms with Gasteiger partial charge in [-0.15, -0.1) is 0 Å². The normalized spacial score (nSPS) is 18.5. The van der Waals surface area contributed by atoms with E-state index in [1.54, 1.807) is 0 Å². The molecule has 1 aromatic rings. The lowest BCUT2D eigenvalue weighted by molar-refractivity contribution is -0.138. The molecule has 5 nitrogen and oxygen atoms in total. The average molecular weight is 323 g/mol. The molecule has 0 spiro atoms. The quantitative estimate of drug-likeness (QED) is 0.895. The van der Waals surface area contributed by atoms with Crippen molar-refractivity contribution < 1.29 is 31.5 Å². The van der Waals surface area contributed by atoms with E-state index in [0.29, 0.717) is 0 Å². The van der Waals surface area contributed by atoms with Gasteiger partial charge in [-0.3, -0.25) is 0 Å². The lowest BCUT2D eigenvalue weighted by atomic mass is 10.1. The minimum atomic E-state index is -4.79. The summed E-state index contributed by atoms with van der Waals surface area (Å²) >= 11 is 0. The lowest BCUT2D eigenvalue weighted by Gasteiger charge is -2.29. The van der Waals surface area contributed by atoms with E-state index in [1.807, 2.05) is 0 Å². The Kier molecular flexibility index (Phi) is 3.87. The Labute approximate surface area is 118 Å². The summed E-state index contributed by atoms with van der Waals surface area (Å²) in [4.78, 5) is 12.4. The van der Waals surface area contributed by atoms with Crippen LogP contribution in [0.5, 0.6) is 0 Å². The number of benzene rings is 1. The molecule has 116 valence electrons. The zero-order chi connectivity index (χ0) is 15.8. The number of hydrogen-bond donors (Lipinski definition) is 1. The zero-order valence-electron chi connectivity index (χ0n) is 10.7. The third-order valence-electron chi connectivity index (χ3n) is 3.25. The van der Waals surface area contributed by atoms with Gasteiger partial charge in [-0.1, -0.05) is 0 Å². The van der Waals surface area contributed by atoms with Gasteiger partial charge in [-0.05, 0) is 18.2 Å². The van der Waals surface area contributed by atoms with Crippen LogP contribution >= 0.6 is 0 Å². The molecule has 0 bridgehead atoms. The number of halogens is 3. The van der Waals surface area contributed by atoms with E-state index in [0.717, 1.165) is 12.1 Å². The average Bonchev–Trinajstić information content (AvgIpc) is 2.37. The molecule has 0 aromatic heterocycles. The van der Waals surface area contributed by atoms with E-state index in [-0.39, 0.29) is 30.3 Å². The van der Waals surface area contributed by atoms with E-state index >= 15 is 0 Å². The highest BCUT2D eigenvalue weighted by Gasteiger charge is 2.36. The molecule has 9 heteroatoms. The predicted octanol–water partition coefficient (Wildman–Crippen LogP) is 1.64. The van der Waals surface area contributed by atoms with Gasteiger partial charge in [0.05, 0.1) is 22.6 Å². The van der Waals surface area contributed by atoms with Crippen LogP contribution in [0.4, 0.5) is 18.9 Å². The first-order valence-corrected chi connectivity index (χ1v) is 7.82. The Bertz CT molecular complexity index is 656. The van der Waals surface area contributed by atoms with Gasteiger partial charge in [0.1, 0.15) is 0 Å². The van der Waals surface area contributed by atoms with Gasteiger partial charge < -0.3 is 10.0 Å². The van der Waals surface area contributed by atoms with Crippen LogP contribution in [0.3, 0.4) is 0 Å². The van der Waals surface area contributed by atoms with Crippen LogP contribution in [-0.4, -0.2) is 44.1 Å². The van der Waals surface area contributed by atoms with Gasteiger partial charge in [-0.25, -0.2) is 13.2 Å². The summed E-state index contributed by atoms with van der Waals surface area (Å²) < 4.78 is 61.3. The smallest absolute Gasteiger partial charge is 0.417 e. The number of nitrogens with zero attached hydrogens (tertiary/aromatic N) is 1. The topological polar surface area (TPSA) is 74.7 Å². The second kappa shape index (κ2) is 5.21. The Morgan fingerprint density at radius 1 is 1.19 bits per heavy atom. The molecule has 1 aliphatic rings. The fourth-order valence-corrected chi connectivity index (χ4v) is 3.32. The van der Waals surface area contributed by atoms with E-state index in [2.05, 4.69) is 0 Å². The number of carboxylic acids is 1. The number of sulfone groups is 1. The Morgan fingerprint density at radius 3 is 2.24 bits per heavy atom. The molecule has 1 aliphatic heterocycles. The summed E-state index contributed by atoms with van der Waals surface area (Å²) in [6.45, 7) is 0.179. The van der Waals surface area contributed by atoms with Crippen LogP contribution in [0.1, 0.15) is 15.9 Å². The van der Waals surface area contributed by atoms with Crippen LogP contribution in [0.25, 0.3) is 0 Å². The van der Waals surface area contributed by atoms with Crippen LogP contribution in [0.15, 0.2) is 18.2 Å². The van der Waals surface area contributed by atoms with Crippen molar-refractivity contribution in [2.24, 2.45) is 0 Å². The zero-order valence-corrected chi connectivity index (χ0v) is 11.5. The molecular weight excluding hydrogens is 311 g/mol. The second-order valence-corrected chi connectivity index (χ2v) is 6.98. The molecule has 0 radical (unpaired) electrons. The molecular formula is C12H12F3NO4S. The first-order valence-electron chi connectivity index (χ1n) is 6.00. The summed E-state index contributed by atoms with van der Waals surface area (Å²) in [5.74, 6) is -1.92. The molecule has 1 heterocycles. The number of carboxylic acid groups (broad SMARTS) is 1. The van der Waals surface area contributed by atoms with Crippen molar-refractivity contribution in [3.8, 4) is 0 Å². The van der Waals surface area contributed by atoms with Crippen molar-refractivity contribution in [2.75, 3.05) is 29.5 Å². The monoisotopic (exact) mass is 323 g/mol. The third kappa shape index (κ3) is 3.46. The Morgan fingerprint density at radius 2 is 1.76 bits per heavy atom. The molecule has 0 saturated carbocycles. The predicted molar refractivity (Wildman–Crippen MR) is 69.3 cm³/mol. The van der Waals surface area contributed by atoms with Gasteiger partial charge >= 0.3 is 12.1 Å². The molecule has 1 aromatic carbocycles. The molecule has 0 unspecified atom stereocenters. The second-order valence-electron chi connectivity index (χ2n) is 4.67. The van der Waals surface area contributed by atoms with Gasteiger partial charge in [0, 0.05) is 18.8 Å². The van der Waals surface area contributed by atoms with Crippen molar-refractivity contribution in [1.29, 1.82) is 0 Å². The minimum Gasteiger partial charge on any atom is -0.478 e. The van der Waals surface area contributed by atoms with E-state index in [9.17, 15) is 26.4 Å². The highest BCUT2D eigenvalue weighted by molar-refractivity contribution is 7.91. The molecule has 0 aliphatic carbocycles. The maximum absolute atomic E-state index is 12.9. The number of anilines is 1. The minimum absolute atomic E-state index is 0.0893. The molecule has 0 atom stereocenters. The van der Waals surface area contributed by atoms with Crippen molar-refractivity contribution in [1.82, 2.24) is 0 Å². The summed E-state index contributed by atoms with van der Waals surface area (Å²) in [5, 5.41) is 8.81. The summed E-state index contributed by atoms with van der Waals surface area (Å²) in [7, 11) is -3.14. The molecule has 0 amide bonds. The molecule has 1 N–H and O–H groups in total. The van der Waals surface area contributed by atoms with Gasteiger partial charge in [0.15, 0.2) is 9.84 Å². The van der Waals surface area contributed by atoms with Crippen molar-refractivity contribution in [3.63, 3.8) is 0 Å². The number of aromatic carboxylic acids is 1. The molecule has 21 heavy (non-hydrogen) atoms. The highest BCUT2D eigenvalue weighted by atomic mass is 32.2. The van der Waals surface area contributed by atoms with Gasteiger partial charge in [0.25, 0.3) is 0 Å². The van der Waals surface area contributed by atoms with Crippen molar-refractivity contribution >= 4 is 21.5 Å². The summed E-state index contributed by atoms with van der Waals surface area (Å²) in [6, 6.07) is 2.90. The van der Waals surface area contributed by atoms with E-state index in [1.165, 1.54) is 11.0 Å². The molecule has 1 fully saturated rings. The van der Waals surface area contributed by atoms with E-state index < -0.39 is 33.1 Å². The first kappa shape index (κ1) is 15.6. The summed E-state index contributed by atoms with van der Waals surface area (Å²) in [5.41, 5.74) is -1.89. The number of rotatable bonds is 2. The van der Waals surface area contributed by atoms with Crippen LogP contribution in [0, 0.1) is 0 Å². The fourth-order valence-electron chi connectivity index (χ4n) is 2.12. The van der Waals surface area contributed by atoms with Crippen molar-refractivity contribution in [3.05, 3.63) is 29.3 Å². The van der Waals surface area contributed by atoms with Crippen molar-refractivity contribution in [2.45, 2.75) is 6.18 Å². The van der Waals surface area contributed by atoms with Crippen LogP contribution in [-0.2, 0) is 16.0 Å². The number of hydrogen-bond acceptors (Lipinski definition) is 4. The summed E-state index contributed by atoms with van der Waals surface area (Å²) in [6.07, 6.45) is -4.79.